The van der Waals surface area contributed by atoms with Crippen LogP contribution < -0.4 is 5.32 Å². The van der Waals surface area contributed by atoms with Gasteiger partial charge in [-0.1, -0.05) is 30.3 Å². The van der Waals surface area contributed by atoms with Gasteiger partial charge in [0.2, 0.25) is 0 Å². The second kappa shape index (κ2) is 9.93. The van der Waals surface area contributed by atoms with Crippen LogP contribution in [0.15, 0.2) is 30.3 Å². The van der Waals surface area contributed by atoms with Crippen molar-refractivity contribution in [3.05, 3.63) is 35.9 Å². The maximum Gasteiger partial charge on any atom is 0.317 e. The van der Waals surface area contributed by atoms with Crippen molar-refractivity contribution in [3.63, 3.8) is 0 Å². The van der Waals surface area contributed by atoms with Crippen molar-refractivity contribution < 1.29 is 14.3 Å². The van der Waals surface area contributed by atoms with E-state index in [1.807, 2.05) is 11.0 Å². The minimum atomic E-state index is -0.207. The molecule has 0 atom stereocenters. The standard InChI is InChI=1S/C18H27N3O3/c1-2-24-17(22)9-6-10-19-18(23)21-13-11-20(12-14-21)15-16-7-4-3-5-8-16/h3-5,7-8H,2,6,9-15H2,1H3,(H,19,23). The lowest BCUT2D eigenvalue weighted by Gasteiger charge is -2.34. The van der Waals surface area contributed by atoms with Gasteiger partial charge in [0, 0.05) is 45.7 Å². The predicted molar refractivity (Wildman–Crippen MR) is 92.6 cm³/mol. The molecule has 132 valence electrons. The average molecular weight is 333 g/mol. The first-order valence-corrected chi connectivity index (χ1v) is 8.63. The minimum Gasteiger partial charge on any atom is -0.466 e. The van der Waals surface area contributed by atoms with E-state index in [1.54, 1.807) is 6.92 Å². The van der Waals surface area contributed by atoms with Gasteiger partial charge in [-0.2, -0.15) is 0 Å². The summed E-state index contributed by atoms with van der Waals surface area (Å²) >= 11 is 0. The van der Waals surface area contributed by atoms with Gasteiger partial charge in [0.1, 0.15) is 0 Å². The minimum absolute atomic E-state index is 0.0433. The number of amides is 2. The first-order valence-electron chi connectivity index (χ1n) is 8.63. The average Bonchev–Trinajstić information content (AvgIpc) is 2.60. The van der Waals surface area contributed by atoms with Crippen molar-refractivity contribution >= 4 is 12.0 Å². The molecule has 0 radical (unpaired) electrons. The summed E-state index contributed by atoms with van der Waals surface area (Å²) in [4.78, 5) is 27.5. The number of rotatable bonds is 7. The van der Waals surface area contributed by atoms with Crippen molar-refractivity contribution in [1.29, 1.82) is 0 Å². The van der Waals surface area contributed by atoms with Crippen LogP contribution in [-0.2, 0) is 16.1 Å². The van der Waals surface area contributed by atoms with Gasteiger partial charge >= 0.3 is 12.0 Å². The molecule has 0 bridgehead atoms. The molecule has 6 heteroatoms. The molecule has 1 N–H and O–H groups in total. The third kappa shape index (κ3) is 6.20. The maximum atomic E-state index is 12.1. The molecule has 1 heterocycles. The summed E-state index contributed by atoms with van der Waals surface area (Å²) in [5.41, 5.74) is 1.30. The summed E-state index contributed by atoms with van der Waals surface area (Å²) in [5.74, 6) is -0.207. The second-order valence-corrected chi connectivity index (χ2v) is 5.89. The Morgan fingerprint density at radius 3 is 2.50 bits per heavy atom. The fourth-order valence-corrected chi connectivity index (χ4v) is 2.72. The molecular weight excluding hydrogens is 306 g/mol. The van der Waals surface area contributed by atoms with Crippen LogP contribution in [0.2, 0.25) is 0 Å². The number of benzene rings is 1. The van der Waals surface area contributed by atoms with E-state index in [0.29, 0.717) is 26.0 Å². The largest absolute Gasteiger partial charge is 0.466 e. The van der Waals surface area contributed by atoms with Crippen molar-refractivity contribution in [2.75, 3.05) is 39.3 Å². The highest BCUT2D eigenvalue weighted by molar-refractivity contribution is 5.74. The fraction of sp³-hybridized carbons (Fsp3) is 0.556. The quantitative estimate of drug-likeness (QED) is 0.611. The van der Waals surface area contributed by atoms with E-state index in [9.17, 15) is 9.59 Å². The molecule has 1 aliphatic heterocycles. The molecule has 0 unspecified atom stereocenters. The van der Waals surface area contributed by atoms with Gasteiger partial charge in [0.05, 0.1) is 6.61 Å². The molecule has 6 nitrogen and oxygen atoms in total. The van der Waals surface area contributed by atoms with E-state index in [1.165, 1.54) is 5.56 Å². The third-order valence-electron chi connectivity index (χ3n) is 4.05. The van der Waals surface area contributed by atoms with E-state index in [2.05, 4.69) is 34.5 Å². The van der Waals surface area contributed by atoms with Crippen molar-refractivity contribution in [1.82, 2.24) is 15.1 Å². The summed E-state index contributed by atoms with van der Waals surface area (Å²) < 4.78 is 4.86. The number of nitrogens with one attached hydrogen (secondary N) is 1. The molecular formula is C18H27N3O3. The zero-order valence-corrected chi connectivity index (χ0v) is 14.4. The molecule has 0 aromatic heterocycles. The molecule has 2 rings (SSSR count). The third-order valence-corrected chi connectivity index (χ3v) is 4.05. The summed E-state index contributed by atoms with van der Waals surface area (Å²) in [6, 6.07) is 10.3. The molecule has 0 aliphatic carbocycles. The first-order chi connectivity index (χ1) is 11.7. The molecule has 1 saturated heterocycles. The number of ether oxygens (including phenoxy) is 1. The molecule has 1 fully saturated rings. The highest BCUT2D eigenvalue weighted by Crippen LogP contribution is 2.08. The molecule has 2 amide bonds. The molecule has 1 aromatic rings. The van der Waals surface area contributed by atoms with Crippen LogP contribution in [0, 0.1) is 0 Å². The lowest BCUT2D eigenvalue weighted by Crippen LogP contribution is -2.51. The Morgan fingerprint density at radius 2 is 1.83 bits per heavy atom. The van der Waals surface area contributed by atoms with E-state index >= 15 is 0 Å². The zero-order valence-electron chi connectivity index (χ0n) is 14.4. The number of hydrogen-bond donors (Lipinski definition) is 1. The van der Waals surface area contributed by atoms with Gasteiger partial charge in [-0.05, 0) is 18.9 Å². The number of carbonyl (C=O) groups is 2. The van der Waals surface area contributed by atoms with Crippen LogP contribution in [0.25, 0.3) is 0 Å². The van der Waals surface area contributed by atoms with Crippen LogP contribution in [0.4, 0.5) is 4.79 Å². The second-order valence-electron chi connectivity index (χ2n) is 5.89. The number of esters is 1. The van der Waals surface area contributed by atoms with Gasteiger partial charge in [0.25, 0.3) is 0 Å². The summed E-state index contributed by atoms with van der Waals surface area (Å²) in [7, 11) is 0. The Bertz CT molecular complexity index is 514. The smallest absolute Gasteiger partial charge is 0.317 e. The van der Waals surface area contributed by atoms with Crippen molar-refractivity contribution in [3.8, 4) is 0 Å². The molecule has 1 aliphatic rings. The SMILES string of the molecule is CCOC(=O)CCCNC(=O)N1CCN(Cc2ccccc2)CC1. The lowest BCUT2D eigenvalue weighted by atomic mass is 10.2. The molecule has 0 spiro atoms. The summed E-state index contributed by atoms with van der Waals surface area (Å²) in [6.07, 6.45) is 0.956. The molecule has 24 heavy (non-hydrogen) atoms. The number of hydrogen-bond acceptors (Lipinski definition) is 4. The van der Waals surface area contributed by atoms with Crippen LogP contribution in [0.1, 0.15) is 25.3 Å². The van der Waals surface area contributed by atoms with Gasteiger partial charge < -0.3 is 15.0 Å². The number of piperazine rings is 1. The van der Waals surface area contributed by atoms with Gasteiger partial charge in [-0.25, -0.2) is 4.79 Å². The van der Waals surface area contributed by atoms with Crippen molar-refractivity contribution in [2.45, 2.75) is 26.3 Å². The van der Waals surface area contributed by atoms with E-state index in [4.69, 9.17) is 4.74 Å². The Hall–Kier alpha value is -2.08. The van der Waals surface area contributed by atoms with Gasteiger partial charge in [-0.15, -0.1) is 0 Å². The Kier molecular flexibility index (Phi) is 7.55. The Balaban J connectivity index is 1.61. The van der Waals surface area contributed by atoms with Crippen molar-refractivity contribution in [2.24, 2.45) is 0 Å². The Labute approximate surface area is 143 Å². The maximum absolute atomic E-state index is 12.1. The summed E-state index contributed by atoms with van der Waals surface area (Å²) in [6.45, 7) is 6.84. The van der Waals surface area contributed by atoms with E-state index < -0.39 is 0 Å². The first kappa shape index (κ1) is 18.3. The van der Waals surface area contributed by atoms with Gasteiger partial charge in [0.15, 0.2) is 0 Å². The lowest BCUT2D eigenvalue weighted by molar-refractivity contribution is -0.143. The molecule has 1 aromatic carbocycles. The number of carbonyl (C=O) groups excluding carboxylic acids is 2. The monoisotopic (exact) mass is 333 g/mol. The topological polar surface area (TPSA) is 61.9 Å². The van der Waals surface area contributed by atoms with Crippen LogP contribution in [0.3, 0.4) is 0 Å². The van der Waals surface area contributed by atoms with Crippen LogP contribution in [-0.4, -0.2) is 61.1 Å². The number of nitrogens with zero attached hydrogens (tertiary/aromatic N) is 2. The van der Waals surface area contributed by atoms with E-state index in [0.717, 1.165) is 32.7 Å². The normalized spacial score (nSPS) is 15.1. The summed E-state index contributed by atoms with van der Waals surface area (Å²) in [5, 5.41) is 2.88. The Morgan fingerprint density at radius 1 is 1.12 bits per heavy atom. The van der Waals surface area contributed by atoms with Crippen LogP contribution in [0.5, 0.6) is 0 Å². The molecule has 0 saturated carbocycles. The predicted octanol–water partition coefficient (Wildman–Crippen LogP) is 1.86. The zero-order chi connectivity index (χ0) is 17.2. The fourth-order valence-electron chi connectivity index (χ4n) is 2.72. The highest BCUT2D eigenvalue weighted by atomic mass is 16.5. The van der Waals surface area contributed by atoms with E-state index in [-0.39, 0.29) is 12.0 Å². The van der Waals surface area contributed by atoms with Crippen LogP contribution >= 0.6 is 0 Å². The van der Waals surface area contributed by atoms with Gasteiger partial charge in [-0.3, -0.25) is 9.69 Å². The highest BCUT2D eigenvalue weighted by Gasteiger charge is 2.20. The number of urea groups is 1.